The number of nitrogens with two attached hydrogens (primary N) is 1. The first-order chi connectivity index (χ1) is 7.63. The molecule has 0 saturated heterocycles. The molecular weight excluding hydrogens is 202 g/mol. The summed E-state index contributed by atoms with van der Waals surface area (Å²) in [5.74, 6) is 1.78. The van der Waals surface area contributed by atoms with Crippen molar-refractivity contribution in [1.82, 2.24) is 9.78 Å². The van der Waals surface area contributed by atoms with Gasteiger partial charge in [0.15, 0.2) is 5.76 Å². The number of nitrogens with zero attached hydrogens (tertiary/aromatic N) is 2. The van der Waals surface area contributed by atoms with E-state index in [0.717, 1.165) is 34.9 Å². The molecule has 2 heterocycles. The SMILES string of the molecule is Cc1ccc(-c2c(C)c(CCN)nn2C)o1. The number of aromatic nitrogens is 2. The molecule has 4 heteroatoms. The molecule has 16 heavy (non-hydrogen) atoms. The normalized spacial score (nSPS) is 11.0. The minimum atomic E-state index is 0.620. The van der Waals surface area contributed by atoms with E-state index in [1.165, 1.54) is 0 Å². The fourth-order valence-corrected chi connectivity index (χ4v) is 1.97. The van der Waals surface area contributed by atoms with E-state index in [2.05, 4.69) is 12.0 Å². The maximum Gasteiger partial charge on any atom is 0.152 e. The van der Waals surface area contributed by atoms with Crippen LogP contribution < -0.4 is 5.73 Å². The molecule has 0 spiro atoms. The molecule has 2 aromatic heterocycles. The maximum atomic E-state index is 5.63. The van der Waals surface area contributed by atoms with Crippen LogP contribution in [-0.4, -0.2) is 16.3 Å². The van der Waals surface area contributed by atoms with Gasteiger partial charge in [0.05, 0.1) is 5.69 Å². The van der Waals surface area contributed by atoms with Crippen LogP contribution >= 0.6 is 0 Å². The molecule has 0 aliphatic rings. The van der Waals surface area contributed by atoms with Gasteiger partial charge in [0.1, 0.15) is 11.5 Å². The summed E-state index contributed by atoms with van der Waals surface area (Å²) in [5.41, 5.74) is 8.80. The molecular formula is C12H17N3O. The zero-order valence-electron chi connectivity index (χ0n) is 9.95. The smallest absolute Gasteiger partial charge is 0.152 e. The lowest BCUT2D eigenvalue weighted by atomic mass is 10.1. The largest absolute Gasteiger partial charge is 0.460 e. The van der Waals surface area contributed by atoms with Crippen LogP contribution in [0.5, 0.6) is 0 Å². The minimum absolute atomic E-state index is 0.620. The van der Waals surface area contributed by atoms with E-state index in [4.69, 9.17) is 10.2 Å². The Labute approximate surface area is 95.1 Å². The van der Waals surface area contributed by atoms with E-state index in [1.54, 1.807) is 0 Å². The third kappa shape index (κ3) is 1.76. The van der Waals surface area contributed by atoms with Gasteiger partial charge in [0.25, 0.3) is 0 Å². The van der Waals surface area contributed by atoms with E-state index in [9.17, 15) is 0 Å². The van der Waals surface area contributed by atoms with Gasteiger partial charge < -0.3 is 10.2 Å². The lowest BCUT2D eigenvalue weighted by Gasteiger charge is -1.99. The minimum Gasteiger partial charge on any atom is -0.460 e. The van der Waals surface area contributed by atoms with Crippen LogP contribution in [0, 0.1) is 13.8 Å². The van der Waals surface area contributed by atoms with E-state index >= 15 is 0 Å². The Balaban J connectivity index is 2.48. The van der Waals surface area contributed by atoms with Gasteiger partial charge in [-0.3, -0.25) is 4.68 Å². The maximum absolute atomic E-state index is 5.63. The average molecular weight is 219 g/mol. The predicted molar refractivity (Wildman–Crippen MR) is 63.1 cm³/mol. The first-order valence-corrected chi connectivity index (χ1v) is 5.43. The van der Waals surface area contributed by atoms with Gasteiger partial charge in [-0.25, -0.2) is 0 Å². The van der Waals surface area contributed by atoms with Gasteiger partial charge in [-0.15, -0.1) is 0 Å². The summed E-state index contributed by atoms with van der Waals surface area (Å²) < 4.78 is 7.49. The summed E-state index contributed by atoms with van der Waals surface area (Å²) in [6, 6.07) is 3.94. The van der Waals surface area contributed by atoms with Gasteiger partial charge in [-0.2, -0.15) is 5.10 Å². The highest BCUT2D eigenvalue weighted by Crippen LogP contribution is 2.26. The Hall–Kier alpha value is -1.55. The highest BCUT2D eigenvalue weighted by atomic mass is 16.3. The number of furan rings is 1. The summed E-state index contributed by atoms with van der Waals surface area (Å²) in [6.45, 7) is 4.62. The van der Waals surface area contributed by atoms with Crippen molar-refractivity contribution in [2.24, 2.45) is 12.8 Å². The summed E-state index contributed by atoms with van der Waals surface area (Å²) in [5, 5.41) is 4.46. The Bertz CT molecular complexity index is 496. The van der Waals surface area contributed by atoms with Gasteiger partial charge in [0.2, 0.25) is 0 Å². The van der Waals surface area contributed by atoms with Gasteiger partial charge in [0, 0.05) is 19.0 Å². The molecule has 0 aliphatic heterocycles. The Morgan fingerprint density at radius 1 is 1.38 bits per heavy atom. The Kier molecular flexibility index (Phi) is 2.83. The van der Waals surface area contributed by atoms with Gasteiger partial charge in [-0.05, 0) is 32.5 Å². The Morgan fingerprint density at radius 3 is 2.69 bits per heavy atom. The second-order valence-corrected chi connectivity index (χ2v) is 3.99. The van der Waals surface area contributed by atoms with E-state index < -0.39 is 0 Å². The molecule has 0 aliphatic carbocycles. The monoisotopic (exact) mass is 219 g/mol. The van der Waals surface area contributed by atoms with Crippen LogP contribution in [0.3, 0.4) is 0 Å². The second-order valence-electron chi connectivity index (χ2n) is 3.99. The van der Waals surface area contributed by atoms with Crippen LogP contribution in [0.4, 0.5) is 0 Å². The third-order valence-corrected chi connectivity index (χ3v) is 2.74. The highest BCUT2D eigenvalue weighted by molar-refractivity contribution is 5.59. The summed E-state index contributed by atoms with van der Waals surface area (Å²) in [4.78, 5) is 0. The van der Waals surface area contributed by atoms with Gasteiger partial charge in [-0.1, -0.05) is 0 Å². The van der Waals surface area contributed by atoms with Crippen LogP contribution in [0.2, 0.25) is 0 Å². The fraction of sp³-hybridized carbons (Fsp3) is 0.417. The number of aryl methyl sites for hydroxylation is 2. The van der Waals surface area contributed by atoms with E-state index in [1.807, 2.05) is 30.8 Å². The lowest BCUT2D eigenvalue weighted by Crippen LogP contribution is -2.04. The first kappa shape index (κ1) is 11.0. The molecule has 0 radical (unpaired) electrons. The van der Waals surface area contributed by atoms with Crippen molar-refractivity contribution in [1.29, 1.82) is 0 Å². The molecule has 2 rings (SSSR count). The fourth-order valence-electron chi connectivity index (χ4n) is 1.97. The lowest BCUT2D eigenvalue weighted by molar-refractivity contribution is 0.541. The molecule has 0 saturated carbocycles. The highest BCUT2D eigenvalue weighted by Gasteiger charge is 2.15. The molecule has 86 valence electrons. The summed E-state index contributed by atoms with van der Waals surface area (Å²) >= 11 is 0. The molecule has 0 atom stereocenters. The van der Waals surface area contributed by atoms with Crippen LogP contribution in [0.15, 0.2) is 16.5 Å². The van der Waals surface area contributed by atoms with Crippen molar-refractivity contribution in [2.45, 2.75) is 20.3 Å². The average Bonchev–Trinajstić information content (AvgIpc) is 2.74. The van der Waals surface area contributed by atoms with E-state index in [0.29, 0.717) is 6.54 Å². The number of rotatable bonds is 3. The molecule has 4 nitrogen and oxygen atoms in total. The van der Waals surface area contributed by atoms with Crippen molar-refractivity contribution < 1.29 is 4.42 Å². The number of hydrogen-bond donors (Lipinski definition) is 1. The van der Waals surface area contributed by atoms with Crippen LogP contribution in [0.1, 0.15) is 17.0 Å². The van der Waals surface area contributed by atoms with E-state index in [-0.39, 0.29) is 0 Å². The van der Waals surface area contributed by atoms with Gasteiger partial charge >= 0.3 is 0 Å². The molecule has 0 bridgehead atoms. The molecule has 0 unspecified atom stereocenters. The quantitative estimate of drug-likeness (QED) is 0.856. The number of hydrogen-bond acceptors (Lipinski definition) is 3. The molecule has 0 amide bonds. The van der Waals surface area contributed by atoms with Crippen molar-refractivity contribution in [2.75, 3.05) is 6.54 Å². The first-order valence-electron chi connectivity index (χ1n) is 5.43. The Morgan fingerprint density at radius 2 is 2.12 bits per heavy atom. The van der Waals surface area contributed by atoms with Crippen molar-refractivity contribution in [3.63, 3.8) is 0 Å². The zero-order valence-corrected chi connectivity index (χ0v) is 9.95. The van der Waals surface area contributed by atoms with Crippen molar-refractivity contribution in [3.05, 3.63) is 29.2 Å². The molecule has 2 aromatic rings. The molecule has 0 aromatic carbocycles. The molecule has 0 fully saturated rings. The topological polar surface area (TPSA) is 57.0 Å². The standard InChI is InChI=1S/C12H17N3O/c1-8-4-5-11(16-8)12-9(2)10(6-7-13)14-15(12)3/h4-5H,6-7,13H2,1-3H3. The predicted octanol–water partition coefficient (Wildman–Crippen LogP) is 1.80. The van der Waals surface area contributed by atoms with Crippen LogP contribution in [0.25, 0.3) is 11.5 Å². The second kappa shape index (κ2) is 4.14. The van der Waals surface area contributed by atoms with Crippen molar-refractivity contribution >= 4 is 0 Å². The van der Waals surface area contributed by atoms with Crippen molar-refractivity contribution in [3.8, 4) is 11.5 Å². The van der Waals surface area contributed by atoms with Crippen LogP contribution in [-0.2, 0) is 13.5 Å². The summed E-state index contributed by atoms with van der Waals surface area (Å²) in [6.07, 6.45) is 0.805. The molecule has 2 N–H and O–H groups in total. The third-order valence-electron chi connectivity index (χ3n) is 2.74. The summed E-state index contributed by atoms with van der Waals surface area (Å²) in [7, 11) is 1.93. The zero-order chi connectivity index (χ0) is 11.7.